The molecular weight excluding hydrogens is 268 g/mol. The Morgan fingerprint density at radius 1 is 1.19 bits per heavy atom. The molecule has 1 heterocycles. The third-order valence-electron chi connectivity index (χ3n) is 3.76. The van der Waals surface area contributed by atoms with Crippen LogP contribution in [0.2, 0.25) is 0 Å². The first-order chi connectivity index (χ1) is 9.71. The molecule has 2 N–H and O–H groups in total. The maximum atomic E-state index is 12.2. The molecule has 2 rings (SSSR count). The summed E-state index contributed by atoms with van der Waals surface area (Å²) in [4.78, 5) is 12.2. The third-order valence-corrected chi connectivity index (χ3v) is 3.76. The summed E-state index contributed by atoms with van der Waals surface area (Å²) in [6.07, 6.45) is 0. The summed E-state index contributed by atoms with van der Waals surface area (Å²) in [5.41, 5.74) is -0.818. The monoisotopic (exact) mass is 288 g/mol. The van der Waals surface area contributed by atoms with Crippen molar-refractivity contribution in [2.24, 2.45) is 0 Å². The standard InChI is InChI=1S/C16H20N2O3/c1-15(2,16(3,4)20)17-14(19)12-10-13(21-18-12)11-8-6-5-7-9-11/h5-10,20H,1-4H3,(H,17,19). The van der Waals surface area contributed by atoms with Gasteiger partial charge in [-0.15, -0.1) is 0 Å². The highest BCUT2D eigenvalue weighted by atomic mass is 16.5. The summed E-state index contributed by atoms with van der Waals surface area (Å²) in [5.74, 6) is 0.148. The molecule has 112 valence electrons. The number of carbonyl (C=O) groups is 1. The molecule has 0 atom stereocenters. The van der Waals surface area contributed by atoms with Gasteiger partial charge >= 0.3 is 0 Å². The number of benzene rings is 1. The maximum absolute atomic E-state index is 12.2. The summed E-state index contributed by atoms with van der Waals surface area (Å²) in [7, 11) is 0. The zero-order chi connectivity index (χ0) is 15.7. The number of hydrogen-bond donors (Lipinski definition) is 2. The molecule has 0 saturated carbocycles. The Bertz CT molecular complexity index is 624. The van der Waals surface area contributed by atoms with Crippen molar-refractivity contribution in [1.29, 1.82) is 0 Å². The van der Waals surface area contributed by atoms with Crippen LogP contribution in [0, 0.1) is 0 Å². The molecule has 5 heteroatoms. The summed E-state index contributed by atoms with van der Waals surface area (Å²) in [6, 6.07) is 11.0. The Morgan fingerprint density at radius 2 is 1.81 bits per heavy atom. The average Bonchev–Trinajstić information content (AvgIpc) is 2.87. The van der Waals surface area contributed by atoms with E-state index in [9.17, 15) is 9.90 Å². The number of aliphatic hydroxyl groups is 1. The predicted octanol–water partition coefficient (Wildman–Crippen LogP) is 2.62. The van der Waals surface area contributed by atoms with Crippen LogP contribution in [0.1, 0.15) is 38.2 Å². The van der Waals surface area contributed by atoms with Crippen LogP contribution in [0.15, 0.2) is 40.9 Å². The molecule has 0 unspecified atom stereocenters. The van der Waals surface area contributed by atoms with Crippen LogP contribution in [-0.2, 0) is 0 Å². The molecule has 21 heavy (non-hydrogen) atoms. The van der Waals surface area contributed by atoms with Crippen molar-refractivity contribution < 1.29 is 14.4 Å². The topological polar surface area (TPSA) is 75.4 Å². The molecule has 0 fully saturated rings. The molecule has 1 aromatic heterocycles. The van der Waals surface area contributed by atoms with Gasteiger partial charge in [0.15, 0.2) is 11.5 Å². The van der Waals surface area contributed by atoms with E-state index in [-0.39, 0.29) is 11.6 Å². The highest BCUT2D eigenvalue weighted by Gasteiger charge is 2.37. The molecule has 0 aliphatic carbocycles. The van der Waals surface area contributed by atoms with E-state index in [0.29, 0.717) is 5.76 Å². The van der Waals surface area contributed by atoms with Gasteiger partial charge in [0.2, 0.25) is 0 Å². The first-order valence-electron chi connectivity index (χ1n) is 6.78. The molecule has 0 spiro atoms. The molecule has 1 amide bonds. The van der Waals surface area contributed by atoms with Crippen LogP contribution >= 0.6 is 0 Å². The van der Waals surface area contributed by atoms with Crippen molar-refractivity contribution in [3.05, 3.63) is 42.1 Å². The summed E-state index contributed by atoms with van der Waals surface area (Å²) in [6.45, 7) is 6.79. The minimum Gasteiger partial charge on any atom is -0.388 e. The normalized spacial score (nSPS) is 12.2. The van der Waals surface area contributed by atoms with E-state index in [1.165, 1.54) is 0 Å². The second kappa shape index (κ2) is 5.33. The molecule has 0 aliphatic rings. The molecule has 5 nitrogen and oxygen atoms in total. The number of nitrogens with zero attached hydrogens (tertiary/aromatic N) is 1. The summed E-state index contributed by atoms with van der Waals surface area (Å²) >= 11 is 0. The highest BCUT2D eigenvalue weighted by molar-refractivity contribution is 5.93. The lowest BCUT2D eigenvalue weighted by Gasteiger charge is -2.37. The fourth-order valence-corrected chi connectivity index (χ4v) is 1.62. The van der Waals surface area contributed by atoms with E-state index in [1.807, 2.05) is 30.3 Å². The number of rotatable bonds is 4. The Kier molecular flexibility index (Phi) is 3.87. The van der Waals surface area contributed by atoms with Crippen molar-refractivity contribution in [1.82, 2.24) is 10.5 Å². The second-order valence-corrected chi connectivity index (χ2v) is 6.08. The van der Waals surface area contributed by atoms with Gasteiger partial charge in [-0.2, -0.15) is 0 Å². The summed E-state index contributed by atoms with van der Waals surface area (Å²) < 4.78 is 5.20. The lowest BCUT2D eigenvalue weighted by molar-refractivity contribution is -0.00308. The third kappa shape index (κ3) is 3.31. The minimum absolute atomic E-state index is 0.186. The zero-order valence-corrected chi connectivity index (χ0v) is 12.7. The first kappa shape index (κ1) is 15.3. The lowest BCUT2D eigenvalue weighted by atomic mass is 9.86. The van der Waals surface area contributed by atoms with Crippen molar-refractivity contribution >= 4 is 5.91 Å². The molecule has 2 aromatic rings. The molecule has 0 aliphatic heterocycles. The lowest BCUT2D eigenvalue weighted by Crippen LogP contribution is -2.57. The van der Waals surface area contributed by atoms with Gasteiger partial charge in [-0.1, -0.05) is 35.5 Å². The van der Waals surface area contributed by atoms with Gasteiger partial charge in [0.1, 0.15) is 0 Å². The van der Waals surface area contributed by atoms with E-state index < -0.39 is 11.1 Å². The second-order valence-electron chi connectivity index (χ2n) is 6.08. The first-order valence-corrected chi connectivity index (χ1v) is 6.78. The van der Waals surface area contributed by atoms with E-state index in [0.717, 1.165) is 5.56 Å². The minimum atomic E-state index is -1.06. The highest BCUT2D eigenvalue weighted by Crippen LogP contribution is 2.23. The SMILES string of the molecule is CC(C)(O)C(C)(C)NC(=O)c1cc(-c2ccccc2)on1. The smallest absolute Gasteiger partial charge is 0.273 e. The van der Waals surface area contributed by atoms with Gasteiger partial charge < -0.3 is 14.9 Å². The fourth-order valence-electron chi connectivity index (χ4n) is 1.62. The van der Waals surface area contributed by atoms with Crippen molar-refractivity contribution in [2.75, 3.05) is 0 Å². The predicted molar refractivity (Wildman–Crippen MR) is 79.8 cm³/mol. The molecule has 0 bridgehead atoms. The van der Waals surface area contributed by atoms with Crippen molar-refractivity contribution in [2.45, 2.75) is 38.8 Å². The summed E-state index contributed by atoms with van der Waals surface area (Å²) in [5, 5.41) is 16.6. The Balaban J connectivity index is 2.17. The van der Waals surface area contributed by atoms with E-state index in [1.54, 1.807) is 33.8 Å². The molecule has 0 saturated heterocycles. The maximum Gasteiger partial charge on any atom is 0.273 e. The zero-order valence-electron chi connectivity index (χ0n) is 12.7. The number of aromatic nitrogens is 1. The van der Waals surface area contributed by atoms with Crippen molar-refractivity contribution in [3.63, 3.8) is 0 Å². The van der Waals surface area contributed by atoms with Crippen LogP contribution in [0.5, 0.6) is 0 Å². The molecule has 0 radical (unpaired) electrons. The average molecular weight is 288 g/mol. The van der Waals surface area contributed by atoms with Crippen LogP contribution in [0.3, 0.4) is 0 Å². The van der Waals surface area contributed by atoms with Crippen LogP contribution < -0.4 is 5.32 Å². The largest absolute Gasteiger partial charge is 0.388 e. The number of carbonyl (C=O) groups excluding carboxylic acids is 1. The van der Waals surface area contributed by atoms with E-state index >= 15 is 0 Å². The molecular formula is C16H20N2O3. The van der Waals surface area contributed by atoms with Gasteiger partial charge in [-0.05, 0) is 27.7 Å². The Hall–Kier alpha value is -2.14. The van der Waals surface area contributed by atoms with E-state index in [4.69, 9.17) is 4.52 Å². The van der Waals surface area contributed by atoms with E-state index in [2.05, 4.69) is 10.5 Å². The number of amides is 1. The van der Waals surface area contributed by atoms with Crippen LogP contribution in [0.25, 0.3) is 11.3 Å². The van der Waals surface area contributed by atoms with Gasteiger partial charge in [0, 0.05) is 11.6 Å². The van der Waals surface area contributed by atoms with Gasteiger partial charge in [0.25, 0.3) is 5.91 Å². The Labute approximate surface area is 124 Å². The number of hydrogen-bond acceptors (Lipinski definition) is 4. The molecule has 1 aromatic carbocycles. The Morgan fingerprint density at radius 3 is 2.38 bits per heavy atom. The number of nitrogens with one attached hydrogen (secondary N) is 1. The van der Waals surface area contributed by atoms with Gasteiger partial charge in [0.05, 0.1) is 11.1 Å². The fraction of sp³-hybridized carbons (Fsp3) is 0.375. The van der Waals surface area contributed by atoms with Crippen LogP contribution in [-0.4, -0.2) is 27.3 Å². The van der Waals surface area contributed by atoms with Crippen LogP contribution in [0.4, 0.5) is 0 Å². The van der Waals surface area contributed by atoms with Gasteiger partial charge in [-0.3, -0.25) is 4.79 Å². The van der Waals surface area contributed by atoms with Gasteiger partial charge in [-0.25, -0.2) is 0 Å². The van der Waals surface area contributed by atoms with Crippen molar-refractivity contribution in [3.8, 4) is 11.3 Å². The quantitative estimate of drug-likeness (QED) is 0.906.